The smallest absolute Gasteiger partial charge is 0.269 e. The third kappa shape index (κ3) is 3.81. The first kappa shape index (κ1) is 19.4. The molecule has 0 spiro atoms. The summed E-state index contributed by atoms with van der Waals surface area (Å²) in [6.45, 7) is 2.62. The van der Waals surface area contributed by atoms with Crippen molar-refractivity contribution in [3.8, 4) is 0 Å². The van der Waals surface area contributed by atoms with Crippen molar-refractivity contribution in [1.82, 2.24) is 4.90 Å². The van der Waals surface area contributed by atoms with E-state index in [0.29, 0.717) is 36.9 Å². The number of hydrogen-bond donors (Lipinski definition) is 0. The average Bonchev–Trinajstić information content (AvgIpc) is 3.03. The second-order valence-electron chi connectivity index (χ2n) is 7.06. The molecule has 0 N–H and O–H groups in total. The largest absolute Gasteiger partial charge is 0.369 e. The highest BCUT2D eigenvalue weighted by Gasteiger charge is 2.43. The van der Waals surface area contributed by atoms with E-state index in [9.17, 15) is 19.7 Å². The van der Waals surface area contributed by atoms with E-state index in [1.54, 1.807) is 36.4 Å². The lowest BCUT2D eigenvalue weighted by molar-refractivity contribution is -0.384. The van der Waals surface area contributed by atoms with E-state index in [2.05, 4.69) is 4.90 Å². The molecular weight excluding hydrogens is 396 g/mol. The van der Waals surface area contributed by atoms with E-state index in [1.807, 2.05) is 4.90 Å². The number of carbonyl (C=O) groups excluding carboxylic acids is 2. The molecule has 1 atom stereocenters. The van der Waals surface area contributed by atoms with Crippen molar-refractivity contribution in [2.75, 3.05) is 36.0 Å². The molecule has 0 aliphatic carbocycles. The van der Waals surface area contributed by atoms with E-state index in [-0.39, 0.29) is 23.9 Å². The number of piperazine rings is 1. The molecule has 0 unspecified atom stereocenters. The van der Waals surface area contributed by atoms with E-state index < -0.39 is 11.0 Å². The van der Waals surface area contributed by atoms with Gasteiger partial charge in [-0.05, 0) is 36.4 Å². The minimum Gasteiger partial charge on any atom is -0.369 e. The molecular formula is C20H19ClN4O4. The third-order valence-corrected chi connectivity index (χ3v) is 5.64. The van der Waals surface area contributed by atoms with Gasteiger partial charge in [-0.1, -0.05) is 11.6 Å². The number of imide groups is 1. The minimum absolute atomic E-state index is 0.0599. The molecule has 150 valence electrons. The Morgan fingerprint density at radius 3 is 2.07 bits per heavy atom. The summed E-state index contributed by atoms with van der Waals surface area (Å²) in [6.07, 6.45) is 0.166. The summed E-state index contributed by atoms with van der Waals surface area (Å²) in [5, 5.41) is 11.3. The first-order chi connectivity index (χ1) is 13.9. The van der Waals surface area contributed by atoms with Crippen LogP contribution >= 0.6 is 11.6 Å². The third-order valence-electron chi connectivity index (χ3n) is 5.39. The molecule has 0 radical (unpaired) electrons. The summed E-state index contributed by atoms with van der Waals surface area (Å²) >= 11 is 5.90. The number of hydrogen-bond acceptors (Lipinski definition) is 6. The predicted molar refractivity (Wildman–Crippen MR) is 109 cm³/mol. The predicted octanol–water partition coefficient (Wildman–Crippen LogP) is 2.70. The Morgan fingerprint density at radius 2 is 1.48 bits per heavy atom. The fourth-order valence-corrected chi connectivity index (χ4v) is 3.97. The zero-order valence-electron chi connectivity index (χ0n) is 15.5. The van der Waals surface area contributed by atoms with Crippen LogP contribution in [-0.4, -0.2) is 53.9 Å². The average molecular weight is 415 g/mol. The number of nitrogens with zero attached hydrogens (tertiary/aromatic N) is 4. The number of non-ortho nitro benzene ring substituents is 1. The van der Waals surface area contributed by atoms with Gasteiger partial charge in [0.2, 0.25) is 5.91 Å². The Bertz CT molecular complexity index is 940. The van der Waals surface area contributed by atoms with E-state index >= 15 is 0 Å². The Hall–Kier alpha value is -2.97. The highest BCUT2D eigenvalue weighted by molar-refractivity contribution is 6.30. The summed E-state index contributed by atoms with van der Waals surface area (Å²) in [6, 6.07) is 12.7. The molecule has 2 amide bonds. The van der Waals surface area contributed by atoms with Gasteiger partial charge in [0.05, 0.1) is 23.1 Å². The SMILES string of the molecule is O=C1C[C@@H](N2CCN(c3ccc([N+](=O)[O-])cc3)CC2)C(=O)N1c1ccc(Cl)cc1. The van der Waals surface area contributed by atoms with Gasteiger partial charge >= 0.3 is 0 Å². The van der Waals surface area contributed by atoms with Crippen LogP contribution in [-0.2, 0) is 9.59 Å². The molecule has 8 nitrogen and oxygen atoms in total. The van der Waals surface area contributed by atoms with Crippen LogP contribution in [0, 0.1) is 10.1 Å². The quantitative estimate of drug-likeness (QED) is 0.434. The number of nitro groups is 1. The minimum atomic E-state index is -0.461. The summed E-state index contributed by atoms with van der Waals surface area (Å²) < 4.78 is 0. The molecule has 2 aliphatic rings. The van der Waals surface area contributed by atoms with Crippen LogP contribution < -0.4 is 9.80 Å². The topological polar surface area (TPSA) is 87.0 Å². The van der Waals surface area contributed by atoms with Gasteiger partial charge in [-0.25, -0.2) is 4.90 Å². The number of anilines is 2. The van der Waals surface area contributed by atoms with Gasteiger partial charge in [-0.3, -0.25) is 24.6 Å². The van der Waals surface area contributed by atoms with E-state index in [1.165, 1.54) is 17.0 Å². The number of benzene rings is 2. The number of amides is 2. The second-order valence-corrected chi connectivity index (χ2v) is 7.50. The summed E-state index contributed by atoms with van der Waals surface area (Å²) in [5.74, 6) is -0.416. The van der Waals surface area contributed by atoms with Gasteiger partial charge < -0.3 is 4.90 Å². The van der Waals surface area contributed by atoms with Gasteiger partial charge in [-0.15, -0.1) is 0 Å². The molecule has 29 heavy (non-hydrogen) atoms. The first-order valence-corrected chi connectivity index (χ1v) is 9.67. The van der Waals surface area contributed by atoms with Crippen LogP contribution in [0.3, 0.4) is 0 Å². The van der Waals surface area contributed by atoms with Crippen LogP contribution in [0.2, 0.25) is 5.02 Å². The lowest BCUT2D eigenvalue weighted by Crippen LogP contribution is -2.52. The van der Waals surface area contributed by atoms with Crippen LogP contribution in [0.25, 0.3) is 0 Å². The standard InChI is InChI=1S/C20H19ClN4O4/c21-14-1-3-16(4-2-14)24-19(26)13-18(20(24)27)23-11-9-22(10-12-23)15-5-7-17(8-6-15)25(28)29/h1-8,18H,9-13H2/t18-/m1/s1. The number of halogens is 1. The van der Waals surface area contributed by atoms with Gasteiger partial charge in [0, 0.05) is 49.0 Å². The number of nitro benzene ring substituents is 1. The fraction of sp³-hybridized carbons (Fsp3) is 0.300. The van der Waals surface area contributed by atoms with Crippen LogP contribution in [0.1, 0.15) is 6.42 Å². The van der Waals surface area contributed by atoms with Gasteiger partial charge in [0.1, 0.15) is 0 Å². The number of carbonyl (C=O) groups is 2. The normalized spacial score (nSPS) is 20.4. The molecule has 9 heteroatoms. The van der Waals surface area contributed by atoms with Crippen molar-refractivity contribution in [2.45, 2.75) is 12.5 Å². The Balaban J connectivity index is 1.41. The number of rotatable bonds is 4. The summed E-state index contributed by atoms with van der Waals surface area (Å²) in [7, 11) is 0. The van der Waals surface area contributed by atoms with E-state index in [4.69, 9.17) is 11.6 Å². The fourth-order valence-electron chi connectivity index (χ4n) is 3.84. The maximum atomic E-state index is 12.9. The zero-order valence-corrected chi connectivity index (χ0v) is 16.3. The molecule has 4 rings (SSSR count). The summed E-state index contributed by atoms with van der Waals surface area (Å²) in [5.41, 5.74) is 1.51. The van der Waals surface area contributed by atoms with Crippen LogP contribution in [0.4, 0.5) is 17.1 Å². The van der Waals surface area contributed by atoms with E-state index in [0.717, 1.165) is 5.69 Å². The lowest BCUT2D eigenvalue weighted by Gasteiger charge is -2.38. The molecule has 2 aromatic rings. The van der Waals surface area contributed by atoms with Crippen molar-refractivity contribution >= 4 is 40.5 Å². The van der Waals surface area contributed by atoms with Gasteiger partial charge in [0.25, 0.3) is 11.6 Å². The molecule has 2 aliphatic heterocycles. The van der Waals surface area contributed by atoms with Crippen molar-refractivity contribution < 1.29 is 14.5 Å². The zero-order chi connectivity index (χ0) is 20.5. The molecule has 2 aromatic carbocycles. The maximum Gasteiger partial charge on any atom is 0.269 e. The summed E-state index contributed by atoms with van der Waals surface area (Å²) in [4.78, 5) is 41.2. The molecule has 0 bridgehead atoms. The molecule has 2 fully saturated rings. The Labute approximate surface area is 172 Å². The molecule has 0 aromatic heterocycles. The first-order valence-electron chi connectivity index (χ1n) is 9.30. The van der Waals surface area contributed by atoms with Crippen molar-refractivity contribution in [3.63, 3.8) is 0 Å². The molecule has 2 heterocycles. The van der Waals surface area contributed by atoms with Crippen molar-refractivity contribution in [1.29, 1.82) is 0 Å². The van der Waals surface area contributed by atoms with Crippen molar-refractivity contribution in [3.05, 3.63) is 63.7 Å². The molecule has 0 saturated carbocycles. The van der Waals surface area contributed by atoms with Gasteiger partial charge in [-0.2, -0.15) is 0 Å². The molecule has 2 saturated heterocycles. The van der Waals surface area contributed by atoms with Crippen LogP contribution in [0.5, 0.6) is 0 Å². The Kier molecular flexibility index (Phi) is 5.21. The second kappa shape index (κ2) is 7.81. The van der Waals surface area contributed by atoms with Gasteiger partial charge in [0.15, 0.2) is 0 Å². The monoisotopic (exact) mass is 414 g/mol. The van der Waals surface area contributed by atoms with Crippen LogP contribution in [0.15, 0.2) is 48.5 Å². The Morgan fingerprint density at radius 1 is 0.897 bits per heavy atom. The van der Waals surface area contributed by atoms with Crippen molar-refractivity contribution in [2.24, 2.45) is 0 Å². The highest BCUT2D eigenvalue weighted by atomic mass is 35.5. The highest BCUT2D eigenvalue weighted by Crippen LogP contribution is 2.28. The lowest BCUT2D eigenvalue weighted by atomic mass is 10.1. The maximum absolute atomic E-state index is 12.9.